The van der Waals surface area contributed by atoms with Crippen LogP contribution in [0.1, 0.15) is 24.0 Å². The van der Waals surface area contributed by atoms with Crippen LogP contribution in [-0.2, 0) is 11.3 Å². The van der Waals surface area contributed by atoms with Crippen molar-refractivity contribution in [2.45, 2.75) is 25.6 Å². The van der Waals surface area contributed by atoms with Gasteiger partial charge in [-0.1, -0.05) is 12.1 Å². The van der Waals surface area contributed by atoms with Crippen molar-refractivity contribution in [3.8, 4) is 6.07 Å². The molecular formula is C14H18N2O. The Labute approximate surface area is 103 Å². The van der Waals surface area contributed by atoms with E-state index >= 15 is 0 Å². The summed E-state index contributed by atoms with van der Waals surface area (Å²) in [6.45, 7) is 2.90. The molecule has 1 aromatic carbocycles. The molecule has 1 heterocycles. The molecule has 1 aromatic rings. The van der Waals surface area contributed by atoms with Gasteiger partial charge in [0.25, 0.3) is 0 Å². The molecule has 1 fully saturated rings. The fourth-order valence-corrected chi connectivity index (χ4v) is 2.04. The first-order chi connectivity index (χ1) is 8.28. The van der Waals surface area contributed by atoms with Crippen LogP contribution in [0.15, 0.2) is 24.3 Å². The molecule has 0 aromatic heterocycles. The number of likely N-dealkylation sites (tertiary alicyclic amines) is 1. The molecule has 0 N–H and O–H groups in total. The highest BCUT2D eigenvalue weighted by Gasteiger charge is 2.16. The monoisotopic (exact) mass is 230 g/mol. The molecule has 1 aliphatic heterocycles. The molecular weight excluding hydrogens is 212 g/mol. The van der Waals surface area contributed by atoms with Crippen LogP contribution in [0.5, 0.6) is 0 Å². The van der Waals surface area contributed by atoms with E-state index < -0.39 is 0 Å². The van der Waals surface area contributed by atoms with E-state index in [2.05, 4.69) is 18.0 Å². The largest absolute Gasteiger partial charge is 0.373 e. The van der Waals surface area contributed by atoms with Gasteiger partial charge in [0.2, 0.25) is 0 Å². The van der Waals surface area contributed by atoms with Crippen LogP contribution in [0.25, 0.3) is 0 Å². The molecule has 17 heavy (non-hydrogen) atoms. The summed E-state index contributed by atoms with van der Waals surface area (Å²) in [4.78, 5) is 2.33. The maximum Gasteiger partial charge on any atom is 0.0991 e. The van der Waals surface area contributed by atoms with Gasteiger partial charge in [0.1, 0.15) is 0 Å². The molecule has 3 heteroatoms. The molecule has 0 radical (unpaired) electrons. The summed E-state index contributed by atoms with van der Waals surface area (Å²) in [5.41, 5.74) is 1.84. The molecule has 2 rings (SSSR count). The third-order valence-electron chi connectivity index (χ3n) is 3.23. The second-order valence-corrected chi connectivity index (χ2v) is 4.62. The number of nitrogens with zero attached hydrogens (tertiary/aromatic N) is 2. The van der Waals surface area contributed by atoms with Crippen molar-refractivity contribution in [1.82, 2.24) is 4.90 Å². The van der Waals surface area contributed by atoms with Crippen LogP contribution >= 0.6 is 0 Å². The summed E-state index contributed by atoms with van der Waals surface area (Å²) in [6.07, 6.45) is 2.63. The van der Waals surface area contributed by atoms with Crippen molar-refractivity contribution in [2.75, 3.05) is 20.1 Å². The first-order valence-corrected chi connectivity index (χ1v) is 6.07. The van der Waals surface area contributed by atoms with Crippen molar-refractivity contribution < 1.29 is 4.74 Å². The second-order valence-electron chi connectivity index (χ2n) is 4.62. The summed E-state index contributed by atoms with van der Waals surface area (Å²) < 4.78 is 5.88. The molecule has 0 unspecified atom stereocenters. The van der Waals surface area contributed by atoms with E-state index in [9.17, 15) is 0 Å². The first kappa shape index (κ1) is 12.1. The van der Waals surface area contributed by atoms with Gasteiger partial charge in [0.15, 0.2) is 0 Å². The van der Waals surface area contributed by atoms with Crippen molar-refractivity contribution in [1.29, 1.82) is 5.26 Å². The smallest absolute Gasteiger partial charge is 0.0991 e. The Bertz CT molecular complexity index is 386. The molecule has 0 bridgehead atoms. The van der Waals surface area contributed by atoms with Crippen LogP contribution < -0.4 is 0 Å². The third-order valence-corrected chi connectivity index (χ3v) is 3.23. The number of nitriles is 1. The zero-order valence-electron chi connectivity index (χ0n) is 10.2. The lowest BCUT2D eigenvalue weighted by Gasteiger charge is -2.28. The molecule has 3 nitrogen and oxygen atoms in total. The topological polar surface area (TPSA) is 36.3 Å². The quantitative estimate of drug-likeness (QED) is 0.798. The lowest BCUT2D eigenvalue weighted by atomic mass is 10.1. The number of ether oxygens (including phenoxy) is 1. The van der Waals surface area contributed by atoms with E-state index in [1.807, 2.05) is 24.3 Å². The Balaban J connectivity index is 1.79. The Morgan fingerprint density at radius 1 is 1.29 bits per heavy atom. The fourth-order valence-electron chi connectivity index (χ4n) is 2.04. The average molecular weight is 230 g/mol. The highest BCUT2D eigenvalue weighted by molar-refractivity contribution is 5.31. The number of rotatable bonds is 3. The molecule has 1 saturated heterocycles. The fraction of sp³-hybridized carbons (Fsp3) is 0.500. The van der Waals surface area contributed by atoms with Crippen molar-refractivity contribution in [3.05, 3.63) is 35.4 Å². The van der Waals surface area contributed by atoms with Crippen LogP contribution in [0.4, 0.5) is 0 Å². The summed E-state index contributed by atoms with van der Waals surface area (Å²) >= 11 is 0. The average Bonchev–Trinajstić information content (AvgIpc) is 2.39. The number of hydrogen-bond acceptors (Lipinski definition) is 3. The molecule has 90 valence electrons. The summed E-state index contributed by atoms with van der Waals surface area (Å²) in [5, 5.41) is 8.70. The standard InChI is InChI=1S/C14H18N2O/c1-16-8-6-14(7-9-16)17-11-13-4-2-12(10-15)3-5-13/h2-5,14H,6-9,11H2,1H3. The SMILES string of the molecule is CN1CCC(OCc2ccc(C#N)cc2)CC1. The zero-order valence-corrected chi connectivity index (χ0v) is 10.2. The van der Waals surface area contributed by atoms with Gasteiger partial charge < -0.3 is 9.64 Å². The minimum atomic E-state index is 0.391. The van der Waals surface area contributed by atoms with E-state index in [4.69, 9.17) is 10.00 Å². The Kier molecular flexibility index (Phi) is 4.13. The van der Waals surface area contributed by atoms with Gasteiger partial charge in [-0.3, -0.25) is 0 Å². The number of hydrogen-bond donors (Lipinski definition) is 0. The van der Waals surface area contributed by atoms with Gasteiger partial charge in [-0.05, 0) is 37.6 Å². The predicted octanol–water partition coefficient (Wildman–Crippen LogP) is 2.17. The highest BCUT2D eigenvalue weighted by Crippen LogP contribution is 2.14. The van der Waals surface area contributed by atoms with E-state index in [1.165, 1.54) is 0 Å². The molecule has 0 aliphatic carbocycles. The zero-order chi connectivity index (χ0) is 12.1. The van der Waals surface area contributed by atoms with Crippen molar-refractivity contribution in [2.24, 2.45) is 0 Å². The van der Waals surface area contributed by atoms with Crippen LogP contribution in [0.3, 0.4) is 0 Å². The van der Waals surface area contributed by atoms with Gasteiger partial charge in [-0.2, -0.15) is 5.26 Å². The third kappa shape index (κ3) is 3.55. The van der Waals surface area contributed by atoms with Crippen LogP contribution in [-0.4, -0.2) is 31.1 Å². The molecule has 0 saturated carbocycles. The minimum absolute atomic E-state index is 0.391. The van der Waals surface area contributed by atoms with E-state index in [1.54, 1.807) is 0 Å². The molecule has 1 aliphatic rings. The van der Waals surface area contributed by atoms with Crippen molar-refractivity contribution in [3.63, 3.8) is 0 Å². The van der Waals surface area contributed by atoms with Gasteiger partial charge in [0, 0.05) is 13.1 Å². The van der Waals surface area contributed by atoms with E-state index in [-0.39, 0.29) is 0 Å². The Morgan fingerprint density at radius 2 is 1.94 bits per heavy atom. The molecule has 0 atom stereocenters. The lowest BCUT2D eigenvalue weighted by Crippen LogP contribution is -2.34. The highest BCUT2D eigenvalue weighted by atomic mass is 16.5. The maximum atomic E-state index is 8.70. The van der Waals surface area contributed by atoms with Gasteiger partial charge in [-0.25, -0.2) is 0 Å². The van der Waals surface area contributed by atoms with Gasteiger partial charge in [-0.15, -0.1) is 0 Å². The van der Waals surface area contributed by atoms with Crippen LogP contribution in [0, 0.1) is 11.3 Å². The Morgan fingerprint density at radius 3 is 2.53 bits per heavy atom. The molecule has 0 spiro atoms. The number of piperidine rings is 1. The lowest BCUT2D eigenvalue weighted by molar-refractivity contribution is 0.00213. The number of benzene rings is 1. The molecule has 0 amide bonds. The summed E-state index contributed by atoms with van der Waals surface area (Å²) in [5.74, 6) is 0. The normalized spacial score (nSPS) is 17.9. The summed E-state index contributed by atoms with van der Waals surface area (Å²) in [6, 6.07) is 9.73. The minimum Gasteiger partial charge on any atom is -0.373 e. The van der Waals surface area contributed by atoms with Crippen molar-refractivity contribution >= 4 is 0 Å². The van der Waals surface area contributed by atoms with Crippen LogP contribution in [0.2, 0.25) is 0 Å². The first-order valence-electron chi connectivity index (χ1n) is 6.07. The summed E-state index contributed by atoms with van der Waals surface area (Å²) in [7, 11) is 2.15. The van der Waals surface area contributed by atoms with Gasteiger partial charge in [0.05, 0.1) is 24.3 Å². The predicted molar refractivity (Wildman–Crippen MR) is 66.5 cm³/mol. The maximum absolute atomic E-state index is 8.70. The second kappa shape index (κ2) is 5.81. The Hall–Kier alpha value is -1.37. The van der Waals surface area contributed by atoms with E-state index in [0.29, 0.717) is 18.3 Å². The van der Waals surface area contributed by atoms with Gasteiger partial charge >= 0.3 is 0 Å². The van der Waals surface area contributed by atoms with E-state index in [0.717, 1.165) is 31.5 Å².